The highest BCUT2D eigenvalue weighted by atomic mass is 19.4. The molecule has 0 aromatic heterocycles. The fourth-order valence-corrected chi connectivity index (χ4v) is 2.39. The number of carbonyl (C=O) groups excluding carboxylic acids is 1. The van der Waals surface area contributed by atoms with Gasteiger partial charge >= 0.3 is 18.3 Å². The molecule has 0 aliphatic carbocycles. The average molecular weight is 415 g/mol. The van der Waals surface area contributed by atoms with Crippen LogP contribution in [0.4, 0.5) is 26.3 Å². The first-order valence-corrected chi connectivity index (χ1v) is 8.49. The third-order valence-electron chi connectivity index (χ3n) is 4.15. The Morgan fingerprint density at radius 2 is 1.57 bits per heavy atom. The Kier molecular flexibility index (Phi) is 7.90. The van der Waals surface area contributed by atoms with Gasteiger partial charge in [0.25, 0.3) is 0 Å². The van der Waals surface area contributed by atoms with Crippen LogP contribution in [-0.2, 0) is 26.6 Å². The number of carbonyl (C=O) groups is 1. The first-order valence-electron chi connectivity index (χ1n) is 8.49. The molecule has 2 unspecified atom stereocenters. The van der Waals surface area contributed by atoms with Crippen molar-refractivity contribution in [2.45, 2.75) is 58.2 Å². The van der Waals surface area contributed by atoms with E-state index in [0.29, 0.717) is 18.6 Å². The smallest absolute Gasteiger partial charge is 0.416 e. The summed E-state index contributed by atoms with van der Waals surface area (Å²) in [7, 11) is 0. The molecule has 0 aliphatic heterocycles. The molecule has 0 heterocycles. The van der Waals surface area contributed by atoms with E-state index in [1.54, 1.807) is 13.8 Å². The van der Waals surface area contributed by atoms with Crippen LogP contribution >= 0.6 is 0 Å². The molecule has 160 valence electrons. The minimum absolute atomic E-state index is 0.0697. The predicted molar refractivity (Wildman–Crippen MR) is 89.3 cm³/mol. The van der Waals surface area contributed by atoms with Crippen molar-refractivity contribution in [3.63, 3.8) is 0 Å². The first-order chi connectivity index (χ1) is 12.7. The van der Waals surface area contributed by atoms with E-state index in [0.717, 1.165) is 0 Å². The van der Waals surface area contributed by atoms with Crippen LogP contribution in [0.5, 0.6) is 0 Å². The van der Waals surface area contributed by atoms with Crippen molar-refractivity contribution in [2.75, 3.05) is 13.3 Å². The Hall–Kier alpha value is -1.81. The van der Waals surface area contributed by atoms with Gasteiger partial charge in [-0.05, 0) is 44.0 Å². The third-order valence-corrected chi connectivity index (χ3v) is 4.15. The van der Waals surface area contributed by atoms with Crippen molar-refractivity contribution in [3.05, 3.63) is 34.9 Å². The van der Waals surface area contributed by atoms with E-state index in [9.17, 15) is 31.1 Å². The molecule has 0 saturated carbocycles. The molecule has 28 heavy (non-hydrogen) atoms. The topological polar surface area (TPSA) is 47.6 Å². The van der Waals surface area contributed by atoms with E-state index in [-0.39, 0.29) is 24.9 Å². The summed E-state index contributed by atoms with van der Waals surface area (Å²) >= 11 is 0. The number of esters is 1. The van der Waals surface area contributed by atoms with Crippen LogP contribution in [0.1, 0.15) is 56.9 Å². The van der Waals surface area contributed by atoms with Crippen molar-refractivity contribution in [2.24, 2.45) is 0 Å². The Bertz CT molecular complexity index is 642. The zero-order chi connectivity index (χ0) is 21.8. The summed E-state index contributed by atoms with van der Waals surface area (Å²) in [5.74, 6) is -0.468. The second-order valence-electron chi connectivity index (χ2n) is 6.62. The second-order valence-corrected chi connectivity index (χ2v) is 6.62. The molecule has 1 aromatic rings. The Morgan fingerprint density at radius 1 is 1.07 bits per heavy atom. The van der Waals surface area contributed by atoms with E-state index >= 15 is 0 Å². The summed E-state index contributed by atoms with van der Waals surface area (Å²) in [5, 5.41) is 2.83. The lowest BCUT2D eigenvalue weighted by molar-refractivity contribution is -0.155. The van der Waals surface area contributed by atoms with Gasteiger partial charge in [-0.2, -0.15) is 26.3 Å². The van der Waals surface area contributed by atoms with Crippen LogP contribution in [0.3, 0.4) is 0 Å². The van der Waals surface area contributed by atoms with Gasteiger partial charge in [-0.15, -0.1) is 0 Å². The molecule has 1 rings (SSSR count). The van der Waals surface area contributed by atoms with Gasteiger partial charge in [-0.25, -0.2) is 0 Å². The molecule has 0 spiro atoms. The van der Waals surface area contributed by atoms with Gasteiger partial charge in [-0.3, -0.25) is 10.1 Å². The lowest BCUT2D eigenvalue weighted by Crippen LogP contribution is -2.42. The maximum absolute atomic E-state index is 12.9. The van der Waals surface area contributed by atoms with Crippen molar-refractivity contribution < 1.29 is 40.6 Å². The fraction of sp³-hybridized carbons (Fsp3) is 0.611. The van der Waals surface area contributed by atoms with Gasteiger partial charge in [-0.1, -0.05) is 6.92 Å². The average Bonchev–Trinajstić information content (AvgIpc) is 2.56. The number of hydrogen-bond acceptors (Lipinski definition) is 4. The van der Waals surface area contributed by atoms with Gasteiger partial charge in [0.05, 0.1) is 24.0 Å². The molecule has 1 aromatic carbocycles. The van der Waals surface area contributed by atoms with Crippen LogP contribution in [0.15, 0.2) is 18.2 Å². The summed E-state index contributed by atoms with van der Waals surface area (Å²) < 4.78 is 88.0. The molecule has 0 fully saturated rings. The third kappa shape index (κ3) is 7.31. The molecule has 1 N–H and O–H groups in total. The summed E-state index contributed by atoms with van der Waals surface area (Å²) in [4.78, 5) is 11.1. The van der Waals surface area contributed by atoms with Gasteiger partial charge in [0, 0.05) is 13.5 Å². The van der Waals surface area contributed by atoms with Gasteiger partial charge < -0.3 is 9.47 Å². The maximum atomic E-state index is 12.9. The zero-order valence-corrected chi connectivity index (χ0v) is 15.9. The van der Waals surface area contributed by atoms with E-state index in [4.69, 9.17) is 9.47 Å². The molecule has 4 nitrogen and oxygen atoms in total. The number of hydrogen-bond donors (Lipinski definition) is 1. The summed E-state index contributed by atoms with van der Waals surface area (Å²) in [6.07, 6.45) is -10.4. The summed E-state index contributed by atoms with van der Waals surface area (Å²) in [5.41, 5.74) is -3.84. The van der Waals surface area contributed by atoms with Crippen LogP contribution < -0.4 is 5.32 Å². The Balaban J connectivity index is 2.84. The first kappa shape index (κ1) is 24.2. The molecule has 2 atom stereocenters. The summed E-state index contributed by atoms with van der Waals surface area (Å²) in [6, 6.07) is 1.34. The van der Waals surface area contributed by atoms with Crippen LogP contribution in [-0.4, -0.2) is 24.8 Å². The highest BCUT2D eigenvalue weighted by Gasteiger charge is 2.37. The molecular formula is C18H23F6NO3. The SMILES string of the molecule is CCC(C)(CNCOC(C)c1cc(C(F)(F)F)cc(C(F)(F)F)c1)OC(C)=O. The standard InChI is InChI=1S/C18H23F6NO3/c1-5-16(4,28-12(3)26)9-25-10-27-11(2)13-6-14(17(19,20)21)8-15(7-13)18(22,23)24/h6-8,11,25H,5,9-10H2,1-4H3. The Morgan fingerprint density at radius 3 is 1.96 bits per heavy atom. The van der Waals surface area contributed by atoms with E-state index in [2.05, 4.69) is 5.32 Å². The normalized spacial score (nSPS) is 15.8. The number of halogens is 6. The predicted octanol–water partition coefficient (Wildman–Crippen LogP) is 5.08. The maximum Gasteiger partial charge on any atom is 0.416 e. The van der Waals surface area contributed by atoms with Crippen LogP contribution in [0, 0.1) is 0 Å². The second kappa shape index (κ2) is 9.13. The van der Waals surface area contributed by atoms with E-state index in [1.165, 1.54) is 13.8 Å². The lowest BCUT2D eigenvalue weighted by atomic mass is 10.0. The summed E-state index contributed by atoms with van der Waals surface area (Å²) in [6.45, 7) is 6.14. The molecule has 0 saturated heterocycles. The molecule has 0 amide bonds. The quantitative estimate of drug-likeness (QED) is 0.278. The minimum Gasteiger partial charge on any atom is -0.458 e. The molecule has 0 radical (unpaired) electrons. The van der Waals surface area contributed by atoms with Gasteiger partial charge in [0.1, 0.15) is 5.60 Å². The molecule has 0 bridgehead atoms. The highest BCUT2D eigenvalue weighted by Crippen LogP contribution is 2.37. The van der Waals surface area contributed by atoms with Crippen molar-refractivity contribution in [1.82, 2.24) is 5.32 Å². The van der Waals surface area contributed by atoms with Crippen LogP contribution in [0.2, 0.25) is 0 Å². The molecular weight excluding hydrogens is 392 g/mol. The number of ether oxygens (including phenoxy) is 2. The lowest BCUT2D eigenvalue weighted by Gasteiger charge is -2.28. The monoisotopic (exact) mass is 415 g/mol. The van der Waals surface area contributed by atoms with E-state index in [1.807, 2.05) is 0 Å². The van der Waals surface area contributed by atoms with Gasteiger partial charge in [0.2, 0.25) is 0 Å². The number of alkyl halides is 6. The minimum atomic E-state index is -4.92. The molecule has 10 heteroatoms. The highest BCUT2D eigenvalue weighted by molar-refractivity contribution is 5.66. The van der Waals surface area contributed by atoms with Crippen molar-refractivity contribution in [1.29, 1.82) is 0 Å². The number of benzene rings is 1. The van der Waals surface area contributed by atoms with Crippen molar-refractivity contribution in [3.8, 4) is 0 Å². The van der Waals surface area contributed by atoms with E-state index < -0.39 is 41.2 Å². The van der Waals surface area contributed by atoms with Crippen LogP contribution in [0.25, 0.3) is 0 Å². The van der Waals surface area contributed by atoms with Crippen molar-refractivity contribution >= 4 is 5.97 Å². The zero-order valence-electron chi connectivity index (χ0n) is 15.9. The fourth-order valence-electron chi connectivity index (χ4n) is 2.39. The largest absolute Gasteiger partial charge is 0.458 e. The number of nitrogens with one attached hydrogen (secondary N) is 1. The number of rotatable bonds is 8. The molecule has 0 aliphatic rings. The van der Waals surface area contributed by atoms with Gasteiger partial charge in [0.15, 0.2) is 0 Å². The Labute approximate surface area is 159 Å².